The maximum atomic E-state index is 13.6. The van der Waals surface area contributed by atoms with Gasteiger partial charge in [-0.05, 0) is 49.9 Å². The van der Waals surface area contributed by atoms with E-state index in [0.717, 1.165) is 32.1 Å². The molecule has 0 spiro atoms. The highest BCUT2D eigenvalue weighted by Crippen LogP contribution is 2.41. The first-order valence-corrected chi connectivity index (χ1v) is 13.4. The lowest BCUT2D eigenvalue weighted by Crippen LogP contribution is -2.59. The molecule has 1 saturated heterocycles. The van der Waals surface area contributed by atoms with Crippen LogP contribution in [0.15, 0.2) is 0 Å². The van der Waals surface area contributed by atoms with E-state index in [0.29, 0.717) is 19.3 Å². The van der Waals surface area contributed by atoms with Crippen molar-refractivity contribution in [1.29, 1.82) is 0 Å². The summed E-state index contributed by atoms with van der Waals surface area (Å²) in [4.78, 5) is 65.2. The molecule has 1 heterocycles. The number of rotatable bonds is 11. The summed E-state index contributed by atoms with van der Waals surface area (Å²) >= 11 is 0. The van der Waals surface area contributed by atoms with Crippen LogP contribution in [0.4, 0.5) is 13.6 Å². The molecular formula is C26H40F2N4O6. The Balaban J connectivity index is 1.82. The molecule has 10 nitrogen and oxygen atoms in total. The maximum absolute atomic E-state index is 13.6. The summed E-state index contributed by atoms with van der Waals surface area (Å²) in [6.45, 7) is 6.07. The van der Waals surface area contributed by atoms with E-state index >= 15 is 0 Å². The minimum Gasteiger partial charge on any atom is -0.465 e. The summed E-state index contributed by atoms with van der Waals surface area (Å²) in [6, 6.07) is -3.74. The minimum absolute atomic E-state index is 0.0150. The lowest BCUT2D eigenvalue weighted by atomic mass is 9.75. The van der Waals surface area contributed by atoms with Crippen molar-refractivity contribution < 1.29 is 37.9 Å². The van der Waals surface area contributed by atoms with E-state index in [4.69, 9.17) is 0 Å². The van der Waals surface area contributed by atoms with Crippen LogP contribution in [-0.2, 0) is 19.2 Å². The van der Waals surface area contributed by atoms with Gasteiger partial charge in [0.1, 0.15) is 12.1 Å². The molecule has 4 atom stereocenters. The lowest BCUT2D eigenvalue weighted by molar-refractivity contribution is -0.144. The van der Waals surface area contributed by atoms with E-state index in [1.165, 1.54) is 4.90 Å². The number of hydrogen-bond donors (Lipinski definition) is 4. The van der Waals surface area contributed by atoms with Crippen LogP contribution in [0, 0.1) is 17.3 Å². The molecule has 0 radical (unpaired) electrons. The summed E-state index contributed by atoms with van der Waals surface area (Å²) in [5.41, 5.74) is -0.794. The number of carbonyl (C=O) groups excluding carboxylic acids is 4. The molecule has 2 saturated carbocycles. The third-order valence-corrected chi connectivity index (χ3v) is 7.76. The predicted molar refractivity (Wildman–Crippen MR) is 133 cm³/mol. The summed E-state index contributed by atoms with van der Waals surface area (Å²) in [5.74, 6) is -5.96. The highest BCUT2D eigenvalue weighted by molar-refractivity contribution is 6.38. The van der Waals surface area contributed by atoms with Crippen molar-refractivity contribution in [2.45, 2.75) is 109 Å². The molecule has 4 amide bonds. The number of amides is 4. The zero-order valence-corrected chi connectivity index (χ0v) is 22.5. The predicted octanol–water partition coefficient (Wildman–Crippen LogP) is 2.45. The molecule has 3 fully saturated rings. The first-order chi connectivity index (χ1) is 17.6. The number of nitrogens with zero attached hydrogens (tertiary/aromatic N) is 1. The molecule has 1 aliphatic heterocycles. The van der Waals surface area contributed by atoms with Crippen LogP contribution in [0.2, 0.25) is 0 Å². The molecule has 0 aromatic heterocycles. The van der Waals surface area contributed by atoms with Gasteiger partial charge in [0.05, 0.1) is 6.04 Å². The zero-order valence-electron chi connectivity index (χ0n) is 22.5. The van der Waals surface area contributed by atoms with Gasteiger partial charge in [-0.1, -0.05) is 40.0 Å². The summed E-state index contributed by atoms with van der Waals surface area (Å²) < 4.78 is 27.3. The summed E-state index contributed by atoms with van der Waals surface area (Å²) in [7, 11) is 0. The number of carbonyl (C=O) groups is 5. The van der Waals surface area contributed by atoms with E-state index in [9.17, 15) is 37.9 Å². The van der Waals surface area contributed by atoms with Crippen LogP contribution >= 0.6 is 0 Å². The number of Topliss-reactive ketones (excluding diaryl/α,β-unsaturated/α-hetero) is 1. The molecule has 12 heteroatoms. The second-order valence-electron chi connectivity index (χ2n) is 12.2. The fraction of sp³-hybridized carbons (Fsp3) is 0.808. The zero-order chi connectivity index (χ0) is 28.4. The van der Waals surface area contributed by atoms with E-state index in [1.807, 2.05) is 0 Å². The minimum atomic E-state index is -3.11. The van der Waals surface area contributed by atoms with Gasteiger partial charge < -0.3 is 26.0 Å². The quantitative estimate of drug-likeness (QED) is 0.295. The molecule has 2 unspecified atom stereocenters. The number of carboxylic acid groups (broad SMARTS) is 1. The van der Waals surface area contributed by atoms with Crippen LogP contribution in [0.5, 0.6) is 0 Å². The van der Waals surface area contributed by atoms with E-state index in [-0.39, 0.29) is 18.5 Å². The molecule has 0 aromatic carbocycles. The van der Waals surface area contributed by atoms with Crippen LogP contribution in [0.1, 0.15) is 79.1 Å². The number of likely N-dealkylation sites (tertiary alicyclic amines) is 1. The van der Waals surface area contributed by atoms with Gasteiger partial charge in [-0.2, -0.15) is 0 Å². The van der Waals surface area contributed by atoms with Crippen molar-refractivity contribution >= 4 is 29.6 Å². The standard InChI is InChI=1S/C26H40F2N4O6/c1-25(2,3)20(31-24(37)38)23(36)32-13-15(14-6-5-7-14)12-18(32)21(34)30-17(10-11-26(4,27)28)19(33)22(35)29-16-8-9-16/h14-18,20,31H,5-13H2,1-4H3,(H,29,35)(H,30,34)(H,37,38)/t15?,17?,18-,20+/m0/s1. The monoisotopic (exact) mass is 542 g/mol. The number of halogens is 2. The number of alkyl halides is 2. The molecular weight excluding hydrogens is 502 g/mol. The molecule has 2 aliphatic carbocycles. The van der Waals surface area contributed by atoms with Crippen molar-refractivity contribution in [3.8, 4) is 0 Å². The normalized spacial score (nSPS) is 23.7. The van der Waals surface area contributed by atoms with Gasteiger partial charge in [-0.3, -0.25) is 19.2 Å². The van der Waals surface area contributed by atoms with Crippen LogP contribution in [-0.4, -0.2) is 76.2 Å². The van der Waals surface area contributed by atoms with Crippen molar-refractivity contribution in [2.24, 2.45) is 17.3 Å². The third-order valence-electron chi connectivity index (χ3n) is 7.76. The number of hydrogen-bond acceptors (Lipinski definition) is 5. The lowest BCUT2D eigenvalue weighted by Gasteiger charge is -2.35. The molecule has 0 bridgehead atoms. The Morgan fingerprint density at radius 1 is 0.974 bits per heavy atom. The number of ketones is 1. The van der Waals surface area contributed by atoms with Gasteiger partial charge in [-0.15, -0.1) is 0 Å². The Morgan fingerprint density at radius 2 is 1.61 bits per heavy atom. The maximum Gasteiger partial charge on any atom is 0.405 e. The molecule has 38 heavy (non-hydrogen) atoms. The Bertz CT molecular complexity index is 939. The summed E-state index contributed by atoms with van der Waals surface area (Å²) in [6.07, 6.45) is 2.21. The first kappa shape index (κ1) is 29.8. The van der Waals surface area contributed by atoms with Crippen LogP contribution in [0.25, 0.3) is 0 Å². The highest BCUT2D eigenvalue weighted by Gasteiger charge is 2.48. The van der Waals surface area contributed by atoms with E-state index < -0.39 is 71.9 Å². The Labute approximate surface area is 221 Å². The molecule has 3 rings (SSSR count). The average Bonchev–Trinajstić information content (AvgIpc) is 3.46. The Hall–Kier alpha value is -2.79. The van der Waals surface area contributed by atoms with Crippen molar-refractivity contribution in [2.75, 3.05) is 6.54 Å². The van der Waals surface area contributed by atoms with Gasteiger partial charge >= 0.3 is 6.09 Å². The SMILES string of the molecule is CC(F)(F)CCC(NC(=O)[C@@H]1CC(C2CCC2)CN1C(=O)[C@@H](NC(=O)O)C(C)(C)C)C(=O)C(=O)NC1CC1. The Morgan fingerprint density at radius 3 is 2.08 bits per heavy atom. The third kappa shape index (κ3) is 7.86. The number of nitrogens with one attached hydrogen (secondary N) is 3. The van der Waals surface area contributed by atoms with Crippen LogP contribution in [0.3, 0.4) is 0 Å². The Kier molecular flexibility index (Phi) is 9.03. The second-order valence-corrected chi connectivity index (χ2v) is 12.2. The summed E-state index contributed by atoms with van der Waals surface area (Å²) in [5, 5.41) is 16.6. The van der Waals surface area contributed by atoms with Crippen molar-refractivity contribution in [3.05, 3.63) is 0 Å². The molecule has 4 N–H and O–H groups in total. The fourth-order valence-electron chi connectivity index (χ4n) is 5.13. The average molecular weight is 543 g/mol. The topological polar surface area (TPSA) is 145 Å². The van der Waals surface area contributed by atoms with Gasteiger partial charge in [-0.25, -0.2) is 13.6 Å². The van der Waals surface area contributed by atoms with Gasteiger partial charge in [0, 0.05) is 19.0 Å². The molecule has 3 aliphatic rings. The second kappa shape index (κ2) is 11.5. The van der Waals surface area contributed by atoms with Crippen LogP contribution < -0.4 is 16.0 Å². The van der Waals surface area contributed by atoms with Gasteiger partial charge in [0.15, 0.2) is 0 Å². The van der Waals surface area contributed by atoms with Gasteiger partial charge in [0.25, 0.3) is 5.91 Å². The molecule has 214 valence electrons. The van der Waals surface area contributed by atoms with Crippen molar-refractivity contribution in [1.82, 2.24) is 20.9 Å². The molecule has 0 aromatic rings. The van der Waals surface area contributed by atoms with Gasteiger partial charge in [0.2, 0.25) is 23.5 Å². The highest BCUT2D eigenvalue weighted by atomic mass is 19.3. The fourth-order valence-corrected chi connectivity index (χ4v) is 5.13. The van der Waals surface area contributed by atoms with E-state index in [1.54, 1.807) is 20.8 Å². The first-order valence-electron chi connectivity index (χ1n) is 13.4. The largest absolute Gasteiger partial charge is 0.465 e. The van der Waals surface area contributed by atoms with E-state index in [2.05, 4.69) is 16.0 Å². The smallest absolute Gasteiger partial charge is 0.405 e. The van der Waals surface area contributed by atoms with Crippen molar-refractivity contribution in [3.63, 3.8) is 0 Å².